The number of β-lactam (4-membered cyclic amide) rings is 1. The van der Waals surface area contributed by atoms with E-state index in [1.54, 1.807) is 17.0 Å². The summed E-state index contributed by atoms with van der Waals surface area (Å²) in [5.74, 6) is -0.757. The summed E-state index contributed by atoms with van der Waals surface area (Å²) in [6.07, 6.45) is -0.621. The highest BCUT2D eigenvalue weighted by atomic mass is 35.5. The molecule has 2 aliphatic rings. The number of anilines is 1. The van der Waals surface area contributed by atoms with Gasteiger partial charge >= 0.3 is 5.97 Å². The van der Waals surface area contributed by atoms with E-state index in [0.717, 1.165) is 11.1 Å². The van der Waals surface area contributed by atoms with Crippen molar-refractivity contribution in [1.29, 1.82) is 0 Å². The van der Waals surface area contributed by atoms with Crippen LogP contribution in [0, 0.1) is 0 Å². The normalized spacial score (nSPS) is 23.0. The van der Waals surface area contributed by atoms with Gasteiger partial charge in [-0.3, -0.25) is 19.3 Å². The van der Waals surface area contributed by atoms with Crippen molar-refractivity contribution in [3.63, 3.8) is 0 Å². The number of halogens is 1. The molecule has 8 heteroatoms. The first kappa shape index (κ1) is 24.4. The van der Waals surface area contributed by atoms with Crippen molar-refractivity contribution in [3.8, 4) is 0 Å². The van der Waals surface area contributed by atoms with E-state index in [1.165, 1.54) is 23.6 Å². The Labute approximate surface area is 219 Å². The van der Waals surface area contributed by atoms with Gasteiger partial charge in [0, 0.05) is 18.4 Å². The molecule has 2 unspecified atom stereocenters. The third-order valence-corrected chi connectivity index (χ3v) is 8.54. The van der Waals surface area contributed by atoms with Crippen LogP contribution >= 0.6 is 23.4 Å². The van der Waals surface area contributed by atoms with Crippen molar-refractivity contribution in [3.05, 3.63) is 102 Å². The van der Waals surface area contributed by atoms with Gasteiger partial charge in [0.2, 0.25) is 11.8 Å². The molecular weight excluding hydrogens is 496 g/mol. The van der Waals surface area contributed by atoms with Gasteiger partial charge in [0.05, 0.1) is 6.54 Å². The van der Waals surface area contributed by atoms with Gasteiger partial charge in [-0.1, -0.05) is 78.9 Å². The molecule has 3 atom stereocenters. The molecule has 0 spiro atoms. The molecule has 0 bridgehead atoms. The second-order valence-electron chi connectivity index (χ2n) is 8.91. The average Bonchev–Trinajstić information content (AvgIpc) is 2.91. The predicted octanol–water partition coefficient (Wildman–Crippen LogP) is 4.63. The molecule has 0 N–H and O–H groups in total. The minimum atomic E-state index is -1.39. The fraction of sp³-hybridized carbons (Fsp3) is 0.250. The lowest BCUT2D eigenvalue weighted by atomic mass is 9.99. The van der Waals surface area contributed by atoms with E-state index >= 15 is 0 Å². The van der Waals surface area contributed by atoms with Crippen molar-refractivity contribution in [2.24, 2.45) is 0 Å². The first-order valence-corrected chi connectivity index (χ1v) is 13.1. The van der Waals surface area contributed by atoms with E-state index in [4.69, 9.17) is 16.3 Å². The number of amides is 2. The zero-order chi connectivity index (χ0) is 25.3. The smallest absolute Gasteiger partial charge is 0.330 e. The third kappa shape index (κ3) is 4.49. The van der Waals surface area contributed by atoms with Gasteiger partial charge in [-0.15, -0.1) is 23.4 Å². The molecule has 6 nitrogen and oxygen atoms in total. The first-order chi connectivity index (χ1) is 17.4. The molecule has 2 aliphatic heterocycles. The van der Waals surface area contributed by atoms with Gasteiger partial charge in [0.15, 0.2) is 11.0 Å². The van der Waals surface area contributed by atoms with Crippen LogP contribution in [-0.4, -0.2) is 51.3 Å². The lowest BCUT2D eigenvalue weighted by Crippen LogP contribution is -2.75. The SMILES string of the molecule is CC(=O)N(c1ccccc1)C1C(=O)N2CC(Cl)(C(=O)OC(c3ccccc3)c3ccccc3)CS[C@H]12. The molecule has 3 aromatic rings. The predicted molar refractivity (Wildman–Crippen MR) is 141 cm³/mol. The van der Waals surface area contributed by atoms with Gasteiger partial charge in [-0.05, 0) is 23.3 Å². The highest BCUT2D eigenvalue weighted by Crippen LogP contribution is 2.45. The molecular formula is C28H25ClN2O4S. The topological polar surface area (TPSA) is 66.9 Å². The summed E-state index contributed by atoms with van der Waals surface area (Å²) in [5.41, 5.74) is 2.33. The Hall–Kier alpha value is -3.29. The Kier molecular flexibility index (Phi) is 6.77. The number of hydrogen-bond donors (Lipinski definition) is 0. The summed E-state index contributed by atoms with van der Waals surface area (Å²) < 4.78 is 6.00. The lowest BCUT2D eigenvalue weighted by Gasteiger charge is -2.55. The molecule has 3 aromatic carbocycles. The molecule has 36 heavy (non-hydrogen) atoms. The molecule has 0 radical (unpaired) electrons. The highest BCUT2D eigenvalue weighted by Gasteiger charge is 2.59. The molecule has 5 rings (SSSR count). The summed E-state index contributed by atoms with van der Waals surface area (Å²) in [6, 6.07) is 27.5. The Bertz CT molecular complexity index is 1220. The quantitative estimate of drug-likeness (QED) is 0.269. The largest absolute Gasteiger partial charge is 0.451 e. The van der Waals surface area contributed by atoms with E-state index in [-0.39, 0.29) is 29.5 Å². The van der Waals surface area contributed by atoms with E-state index < -0.39 is 23.0 Å². The number of alkyl halides is 1. The van der Waals surface area contributed by atoms with Crippen LogP contribution in [0.3, 0.4) is 0 Å². The number of carbonyl (C=O) groups excluding carboxylic acids is 3. The molecule has 0 aliphatic carbocycles. The number of ether oxygens (including phenoxy) is 1. The van der Waals surface area contributed by atoms with Crippen LogP contribution in [0.25, 0.3) is 0 Å². The maximum Gasteiger partial charge on any atom is 0.330 e. The minimum absolute atomic E-state index is 0.0250. The molecule has 2 heterocycles. The van der Waals surface area contributed by atoms with Crippen molar-refractivity contribution >= 4 is 46.8 Å². The fourth-order valence-corrected chi connectivity index (χ4v) is 6.46. The number of fused-ring (bicyclic) bond motifs is 1. The number of esters is 1. The van der Waals surface area contributed by atoms with Gasteiger partial charge in [0.25, 0.3) is 0 Å². The summed E-state index contributed by atoms with van der Waals surface area (Å²) in [5, 5.41) is -0.277. The maximum absolute atomic E-state index is 13.4. The number of benzene rings is 3. The van der Waals surface area contributed by atoms with Crippen molar-refractivity contribution in [1.82, 2.24) is 4.90 Å². The van der Waals surface area contributed by atoms with E-state index in [1.807, 2.05) is 78.9 Å². The first-order valence-electron chi connectivity index (χ1n) is 11.7. The van der Waals surface area contributed by atoms with Gasteiger partial charge in [-0.2, -0.15) is 0 Å². The van der Waals surface area contributed by atoms with Crippen LogP contribution in [0.2, 0.25) is 0 Å². The van der Waals surface area contributed by atoms with Crippen molar-refractivity contribution < 1.29 is 19.1 Å². The molecule has 0 saturated carbocycles. The number of nitrogens with zero attached hydrogens (tertiary/aromatic N) is 2. The number of thioether (sulfide) groups is 1. The number of carbonyl (C=O) groups is 3. The number of hydrogen-bond acceptors (Lipinski definition) is 5. The van der Waals surface area contributed by atoms with Crippen LogP contribution in [0.5, 0.6) is 0 Å². The minimum Gasteiger partial charge on any atom is -0.451 e. The Morgan fingerprint density at radius 1 is 0.972 bits per heavy atom. The summed E-state index contributed by atoms with van der Waals surface area (Å²) in [6.45, 7) is 1.48. The van der Waals surface area contributed by atoms with Crippen LogP contribution in [-0.2, 0) is 19.1 Å². The van der Waals surface area contributed by atoms with Gasteiger partial charge in [-0.25, -0.2) is 0 Å². The lowest BCUT2D eigenvalue weighted by molar-refractivity contribution is -0.155. The van der Waals surface area contributed by atoms with Crippen LogP contribution in [0.1, 0.15) is 24.2 Å². The number of para-hydroxylation sites is 1. The maximum atomic E-state index is 13.4. The number of rotatable bonds is 6. The van der Waals surface area contributed by atoms with Crippen molar-refractivity contribution in [2.45, 2.75) is 29.3 Å². The standard InChI is InChI=1S/C28H25ClN2O4S/c1-19(32)31(22-15-9-4-10-16-22)23-25(33)30-17-28(29,18-36-26(23)30)27(34)35-24(20-11-5-2-6-12-20)21-13-7-3-8-14-21/h2-16,23-24,26H,17-18H2,1H3/t23?,26-,28?/m1/s1. The Morgan fingerprint density at radius 2 is 1.50 bits per heavy atom. The van der Waals surface area contributed by atoms with Gasteiger partial charge < -0.3 is 9.64 Å². The van der Waals surface area contributed by atoms with Crippen LogP contribution in [0.4, 0.5) is 5.69 Å². The Morgan fingerprint density at radius 3 is 2.03 bits per heavy atom. The van der Waals surface area contributed by atoms with E-state index in [9.17, 15) is 14.4 Å². The third-order valence-electron chi connectivity index (χ3n) is 6.46. The van der Waals surface area contributed by atoms with E-state index in [2.05, 4.69) is 0 Å². The molecule has 2 fully saturated rings. The second-order valence-corrected chi connectivity index (χ2v) is 10.7. The summed E-state index contributed by atoms with van der Waals surface area (Å²) in [4.78, 5) is 40.8. The monoisotopic (exact) mass is 520 g/mol. The van der Waals surface area contributed by atoms with E-state index in [0.29, 0.717) is 5.69 Å². The highest BCUT2D eigenvalue weighted by molar-refractivity contribution is 8.00. The molecule has 2 amide bonds. The zero-order valence-corrected chi connectivity index (χ0v) is 21.2. The Balaban J connectivity index is 1.34. The van der Waals surface area contributed by atoms with Gasteiger partial charge in [0.1, 0.15) is 11.4 Å². The molecule has 0 aromatic heterocycles. The van der Waals surface area contributed by atoms with Crippen LogP contribution in [0.15, 0.2) is 91.0 Å². The second kappa shape index (κ2) is 9.99. The van der Waals surface area contributed by atoms with Crippen LogP contribution < -0.4 is 4.90 Å². The molecule has 2 saturated heterocycles. The zero-order valence-electron chi connectivity index (χ0n) is 19.6. The summed E-state index contributed by atoms with van der Waals surface area (Å²) >= 11 is 8.24. The molecule has 184 valence electrons. The fourth-order valence-electron chi connectivity index (χ4n) is 4.67. The van der Waals surface area contributed by atoms with Crippen molar-refractivity contribution in [2.75, 3.05) is 17.2 Å². The summed E-state index contributed by atoms with van der Waals surface area (Å²) in [7, 11) is 0. The average molecular weight is 521 g/mol.